The highest BCUT2D eigenvalue weighted by molar-refractivity contribution is 6.17. The fraction of sp³-hybridized carbons (Fsp3) is 0.571. The van der Waals surface area contributed by atoms with E-state index in [0.29, 0.717) is 23.6 Å². The first kappa shape index (κ1) is 15.3. The van der Waals surface area contributed by atoms with Crippen LogP contribution in [0, 0.1) is 0 Å². The van der Waals surface area contributed by atoms with Crippen LogP contribution in [0.15, 0.2) is 18.2 Å². The minimum Gasteiger partial charge on any atom is -0.398 e. The first-order valence-electron chi connectivity index (χ1n) is 6.09. The van der Waals surface area contributed by atoms with E-state index in [4.69, 9.17) is 17.3 Å². The van der Waals surface area contributed by atoms with Crippen LogP contribution in [0.4, 0.5) is 5.69 Å². The molecule has 18 heavy (non-hydrogen) atoms. The Labute approximate surface area is 114 Å². The van der Waals surface area contributed by atoms with Gasteiger partial charge in [0.05, 0.1) is 6.10 Å². The van der Waals surface area contributed by atoms with Crippen LogP contribution in [0.25, 0.3) is 0 Å². The van der Waals surface area contributed by atoms with E-state index in [1.807, 2.05) is 12.1 Å². The van der Waals surface area contributed by atoms with E-state index < -0.39 is 12.2 Å². The average molecular weight is 272 g/mol. The van der Waals surface area contributed by atoms with Gasteiger partial charge in [-0.05, 0) is 23.5 Å². The van der Waals surface area contributed by atoms with Crippen LogP contribution in [0.3, 0.4) is 0 Å². The molecule has 0 bridgehead atoms. The van der Waals surface area contributed by atoms with Crippen molar-refractivity contribution >= 4 is 17.3 Å². The zero-order valence-electron chi connectivity index (χ0n) is 11.2. The summed E-state index contributed by atoms with van der Waals surface area (Å²) in [6.07, 6.45) is -1.55. The number of halogens is 1. The monoisotopic (exact) mass is 271 g/mol. The summed E-state index contributed by atoms with van der Waals surface area (Å²) < 4.78 is 0. The Hall–Kier alpha value is -0.770. The van der Waals surface area contributed by atoms with Crippen molar-refractivity contribution in [3.05, 3.63) is 29.3 Å². The maximum Gasteiger partial charge on any atom is 0.107 e. The molecule has 0 amide bonds. The molecule has 0 heterocycles. The zero-order chi connectivity index (χ0) is 13.9. The van der Waals surface area contributed by atoms with Crippen molar-refractivity contribution < 1.29 is 10.2 Å². The molecule has 0 spiro atoms. The summed E-state index contributed by atoms with van der Waals surface area (Å²) >= 11 is 5.57. The van der Waals surface area contributed by atoms with Crippen molar-refractivity contribution in [2.45, 2.75) is 44.8 Å². The highest BCUT2D eigenvalue weighted by atomic mass is 35.5. The molecule has 4 heteroatoms. The van der Waals surface area contributed by atoms with E-state index in [-0.39, 0.29) is 5.41 Å². The quantitative estimate of drug-likeness (QED) is 0.582. The molecule has 0 fully saturated rings. The minimum absolute atomic E-state index is 0.0282. The molecule has 2 atom stereocenters. The number of hydrogen-bond donors (Lipinski definition) is 3. The van der Waals surface area contributed by atoms with Gasteiger partial charge in [0, 0.05) is 17.1 Å². The fourth-order valence-electron chi connectivity index (χ4n) is 1.77. The van der Waals surface area contributed by atoms with Crippen molar-refractivity contribution in [1.82, 2.24) is 0 Å². The molecule has 102 valence electrons. The molecular weight excluding hydrogens is 250 g/mol. The lowest BCUT2D eigenvalue weighted by atomic mass is 9.84. The van der Waals surface area contributed by atoms with Gasteiger partial charge in [-0.15, -0.1) is 11.6 Å². The lowest BCUT2D eigenvalue weighted by Gasteiger charge is -2.24. The van der Waals surface area contributed by atoms with Gasteiger partial charge in [-0.25, -0.2) is 0 Å². The molecular formula is C14H22ClNO2. The van der Waals surface area contributed by atoms with Gasteiger partial charge in [-0.1, -0.05) is 32.9 Å². The van der Waals surface area contributed by atoms with Crippen LogP contribution >= 0.6 is 11.6 Å². The number of alkyl halides is 1. The predicted octanol–water partition coefficient (Wildman–Crippen LogP) is 2.59. The molecule has 0 aliphatic rings. The third kappa shape index (κ3) is 3.61. The standard InChI is InChI=1S/C14H22ClNO2/c1-14(2,3)9-4-5-11(16)10(8-9)13(18)12(17)6-7-15/h4-5,8,12-13,17-18H,6-7,16H2,1-3H3. The Bertz CT molecular complexity index is 401. The summed E-state index contributed by atoms with van der Waals surface area (Å²) in [6, 6.07) is 5.57. The van der Waals surface area contributed by atoms with E-state index in [1.165, 1.54) is 0 Å². The molecule has 0 radical (unpaired) electrons. The summed E-state index contributed by atoms with van der Waals surface area (Å²) in [4.78, 5) is 0. The lowest BCUT2D eigenvalue weighted by Crippen LogP contribution is -2.21. The van der Waals surface area contributed by atoms with E-state index >= 15 is 0 Å². The van der Waals surface area contributed by atoms with Crippen molar-refractivity contribution in [2.24, 2.45) is 0 Å². The second-order valence-corrected chi connectivity index (χ2v) is 5.96. The van der Waals surface area contributed by atoms with Gasteiger partial charge in [0.2, 0.25) is 0 Å². The maximum atomic E-state index is 10.1. The normalized spacial score (nSPS) is 15.4. The Kier molecular flexibility index (Phi) is 5.02. The zero-order valence-corrected chi connectivity index (χ0v) is 11.9. The van der Waals surface area contributed by atoms with E-state index in [2.05, 4.69) is 20.8 Å². The van der Waals surface area contributed by atoms with Crippen LogP contribution in [-0.4, -0.2) is 22.2 Å². The molecule has 0 aromatic heterocycles. The first-order chi connectivity index (χ1) is 8.27. The van der Waals surface area contributed by atoms with Crippen LogP contribution in [0.1, 0.15) is 44.4 Å². The highest BCUT2D eigenvalue weighted by Gasteiger charge is 2.22. The van der Waals surface area contributed by atoms with Crippen LogP contribution in [0.5, 0.6) is 0 Å². The summed E-state index contributed by atoms with van der Waals surface area (Å²) in [5.74, 6) is 0.303. The van der Waals surface area contributed by atoms with E-state index in [1.54, 1.807) is 6.07 Å². The molecule has 4 N–H and O–H groups in total. The number of nitrogens with two attached hydrogens (primary N) is 1. The molecule has 0 saturated carbocycles. The molecule has 1 aromatic carbocycles. The van der Waals surface area contributed by atoms with Crippen molar-refractivity contribution in [3.63, 3.8) is 0 Å². The largest absolute Gasteiger partial charge is 0.398 e. The van der Waals surface area contributed by atoms with E-state index in [0.717, 1.165) is 5.56 Å². The molecule has 0 saturated heterocycles. The molecule has 0 aliphatic carbocycles. The number of aliphatic hydroxyl groups is 2. The third-order valence-corrected chi connectivity index (χ3v) is 3.26. The highest BCUT2D eigenvalue weighted by Crippen LogP contribution is 2.30. The molecule has 1 rings (SSSR count). The summed E-state index contributed by atoms with van der Waals surface area (Å²) in [6.45, 7) is 6.26. The number of aliphatic hydroxyl groups excluding tert-OH is 2. The Morgan fingerprint density at radius 1 is 1.28 bits per heavy atom. The van der Waals surface area contributed by atoms with Crippen LogP contribution in [0.2, 0.25) is 0 Å². The van der Waals surface area contributed by atoms with Crippen LogP contribution < -0.4 is 5.73 Å². The summed E-state index contributed by atoms with van der Waals surface area (Å²) in [5.41, 5.74) is 7.97. The van der Waals surface area contributed by atoms with Crippen LogP contribution in [-0.2, 0) is 5.41 Å². The number of hydrogen-bond acceptors (Lipinski definition) is 3. The number of anilines is 1. The van der Waals surface area contributed by atoms with Gasteiger partial charge in [0.1, 0.15) is 6.10 Å². The number of rotatable bonds is 4. The summed E-state index contributed by atoms with van der Waals surface area (Å²) in [7, 11) is 0. The molecule has 1 aromatic rings. The van der Waals surface area contributed by atoms with Gasteiger partial charge < -0.3 is 15.9 Å². The van der Waals surface area contributed by atoms with E-state index in [9.17, 15) is 10.2 Å². The first-order valence-corrected chi connectivity index (χ1v) is 6.63. The Morgan fingerprint density at radius 2 is 1.89 bits per heavy atom. The number of benzene rings is 1. The number of nitrogen functional groups attached to an aromatic ring is 1. The van der Waals surface area contributed by atoms with Gasteiger partial charge in [0.15, 0.2) is 0 Å². The second-order valence-electron chi connectivity index (χ2n) is 5.58. The van der Waals surface area contributed by atoms with Gasteiger partial charge in [-0.3, -0.25) is 0 Å². The predicted molar refractivity (Wildman–Crippen MR) is 75.9 cm³/mol. The fourth-order valence-corrected chi connectivity index (χ4v) is 2.00. The van der Waals surface area contributed by atoms with Crippen molar-refractivity contribution in [1.29, 1.82) is 0 Å². The molecule has 2 unspecified atom stereocenters. The molecule has 3 nitrogen and oxygen atoms in total. The van der Waals surface area contributed by atoms with Crippen molar-refractivity contribution in [3.8, 4) is 0 Å². The van der Waals surface area contributed by atoms with Gasteiger partial charge in [-0.2, -0.15) is 0 Å². The molecule has 0 aliphatic heterocycles. The van der Waals surface area contributed by atoms with Gasteiger partial charge >= 0.3 is 0 Å². The topological polar surface area (TPSA) is 66.5 Å². The lowest BCUT2D eigenvalue weighted by molar-refractivity contribution is 0.0173. The maximum absolute atomic E-state index is 10.1. The SMILES string of the molecule is CC(C)(C)c1ccc(N)c(C(O)C(O)CCCl)c1. The summed E-state index contributed by atoms with van der Waals surface area (Å²) in [5, 5.41) is 19.9. The average Bonchev–Trinajstić information content (AvgIpc) is 2.27. The van der Waals surface area contributed by atoms with Crippen molar-refractivity contribution in [2.75, 3.05) is 11.6 Å². The third-order valence-electron chi connectivity index (χ3n) is 3.04. The van der Waals surface area contributed by atoms with Gasteiger partial charge in [0.25, 0.3) is 0 Å². The minimum atomic E-state index is -0.994. The second kappa shape index (κ2) is 5.91. The smallest absolute Gasteiger partial charge is 0.107 e. The Morgan fingerprint density at radius 3 is 2.39 bits per heavy atom. The Balaban J connectivity index is 3.08.